The van der Waals surface area contributed by atoms with Crippen molar-refractivity contribution in [3.63, 3.8) is 0 Å². The monoisotopic (exact) mass is 192 g/mol. The third-order valence-electron chi connectivity index (χ3n) is 3.34. The first-order chi connectivity index (χ1) is 6.58. The molecule has 2 heteroatoms. The number of cyclic esters (lactones) is 1. The van der Waals surface area contributed by atoms with Crippen LogP contribution in [0, 0.1) is 11.8 Å². The topological polar surface area (TPSA) is 26.3 Å². The third-order valence-corrected chi connectivity index (χ3v) is 3.34. The number of ether oxygens (including phenoxy) is 1. The summed E-state index contributed by atoms with van der Waals surface area (Å²) in [6.45, 7) is 7.80. The summed E-state index contributed by atoms with van der Waals surface area (Å²) < 4.78 is 5.45. The number of hydrogen-bond acceptors (Lipinski definition) is 2. The smallest absolute Gasteiger partial charge is 0.314 e. The van der Waals surface area contributed by atoms with Crippen LogP contribution in [0.15, 0.2) is 24.3 Å². The van der Waals surface area contributed by atoms with E-state index >= 15 is 0 Å². The van der Waals surface area contributed by atoms with Gasteiger partial charge in [0.05, 0.1) is 5.92 Å². The van der Waals surface area contributed by atoms with Gasteiger partial charge in [-0.1, -0.05) is 19.1 Å². The molecule has 2 nitrogen and oxygen atoms in total. The van der Waals surface area contributed by atoms with E-state index in [0.29, 0.717) is 12.3 Å². The highest BCUT2D eigenvalue weighted by Crippen LogP contribution is 2.47. The van der Waals surface area contributed by atoms with Crippen molar-refractivity contribution in [1.29, 1.82) is 0 Å². The van der Waals surface area contributed by atoms with Gasteiger partial charge in [-0.25, -0.2) is 0 Å². The maximum atomic E-state index is 11.7. The number of carbonyl (C=O) groups is 1. The molecule has 0 bridgehead atoms. The molecule has 0 saturated carbocycles. The Bertz CT molecular complexity index is 316. The van der Waals surface area contributed by atoms with Crippen LogP contribution >= 0.6 is 0 Å². The van der Waals surface area contributed by atoms with Crippen molar-refractivity contribution in [2.24, 2.45) is 11.8 Å². The van der Waals surface area contributed by atoms with Crippen LogP contribution in [0.5, 0.6) is 0 Å². The van der Waals surface area contributed by atoms with Crippen molar-refractivity contribution in [3.05, 3.63) is 24.3 Å². The lowest BCUT2D eigenvalue weighted by Gasteiger charge is -2.22. The summed E-state index contributed by atoms with van der Waals surface area (Å²) in [5.74, 6) is 0.370. The molecule has 0 spiro atoms. The predicted octanol–water partition coefficient (Wildman–Crippen LogP) is 2.46. The molecule has 2 rings (SSSR count). The number of rotatable bonds is 2. The van der Waals surface area contributed by atoms with Crippen LogP contribution in [0.1, 0.15) is 26.7 Å². The summed E-state index contributed by atoms with van der Waals surface area (Å²) in [6, 6.07) is 0. The van der Waals surface area contributed by atoms with Crippen LogP contribution in [0.25, 0.3) is 0 Å². The number of allylic oxidation sites excluding steroid dienone is 1. The first-order valence-corrected chi connectivity index (χ1v) is 5.13. The lowest BCUT2D eigenvalue weighted by Crippen LogP contribution is -2.24. The van der Waals surface area contributed by atoms with E-state index in [0.717, 1.165) is 6.42 Å². The zero-order chi connectivity index (χ0) is 10.3. The molecule has 1 fully saturated rings. The van der Waals surface area contributed by atoms with Gasteiger partial charge in [-0.15, -0.1) is 6.58 Å². The van der Waals surface area contributed by atoms with Crippen LogP contribution in [-0.2, 0) is 9.53 Å². The van der Waals surface area contributed by atoms with Gasteiger partial charge < -0.3 is 4.74 Å². The lowest BCUT2D eigenvalue weighted by molar-refractivity contribution is -0.150. The van der Waals surface area contributed by atoms with Crippen molar-refractivity contribution in [2.75, 3.05) is 0 Å². The zero-order valence-corrected chi connectivity index (χ0v) is 8.75. The average molecular weight is 192 g/mol. The summed E-state index contributed by atoms with van der Waals surface area (Å²) in [5.41, 5.74) is 0.767. The first kappa shape index (κ1) is 9.50. The van der Waals surface area contributed by atoms with Gasteiger partial charge in [0, 0.05) is 6.42 Å². The Hall–Kier alpha value is -1.05. The molecule has 14 heavy (non-hydrogen) atoms. The Morgan fingerprint density at radius 3 is 3.14 bits per heavy atom. The molecule has 2 aliphatic rings. The number of fused-ring (bicyclic) bond motifs is 1. The largest absolute Gasteiger partial charge is 0.454 e. The summed E-state index contributed by atoms with van der Waals surface area (Å²) in [5, 5.41) is 0. The van der Waals surface area contributed by atoms with Gasteiger partial charge in [-0.2, -0.15) is 0 Å². The average Bonchev–Trinajstić information content (AvgIpc) is 2.57. The van der Waals surface area contributed by atoms with E-state index in [1.807, 2.05) is 13.0 Å². The fourth-order valence-electron chi connectivity index (χ4n) is 2.57. The minimum Gasteiger partial charge on any atom is -0.454 e. The van der Waals surface area contributed by atoms with Crippen LogP contribution in [0.3, 0.4) is 0 Å². The Balaban J connectivity index is 2.33. The van der Waals surface area contributed by atoms with Crippen LogP contribution in [0.4, 0.5) is 0 Å². The maximum Gasteiger partial charge on any atom is 0.314 e. The van der Waals surface area contributed by atoms with Crippen LogP contribution < -0.4 is 0 Å². The molecule has 0 amide bonds. The maximum absolute atomic E-state index is 11.7. The Kier molecular flexibility index (Phi) is 2.02. The van der Waals surface area contributed by atoms with E-state index in [4.69, 9.17) is 4.74 Å². The number of esters is 1. The Labute approximate surface area is 84.6 Å². The summed E-state index contributed by atoms with van der Waals surface area (Å²) in [7, 11) is 0. The summed E-state index contributed by atoms with van der Waals surface area (Å²) in [4.78, 5) is 11.7. The molecule has 3 atom stereocenters. The highest BCUT2D eigenvalue weighted by Gasteiger charge is 2.51. The van der Waals surface area contributed by atoms with Gasteiger partial charge in [-0.3, -0.25) is 4.79 Å². The summed E-state index contributed by atoms with van der Waals surface area (Å²) in [6.07, 6.45) is 5.71. The summed E-state index contributed by atoms with van der Waals surface area (Å²) >= 11 is 0. The van der Waals surface area contributed by atoms with Crippen LogP contribution in [-0.4, -0.2) is 11.6 Å². The second-order valence-corrected chi connectivity index (χ2v) is 4.49. The molecule has 76 valence electrons. The normalized spacial score (nSPS) is 40.4. The molecule has 1 heterocycles. The van der Waals surface area contributed by atoms with Crippen molar-refractivity contribution < 1.29 is 9.53 Å². The molecule has 0 N–H and O–H groups in total. The first-order valence-electron chi connectivity index (χ1n) is 5.13. The van der Waals surface area contributed by atoms with Crippen LogP contribution in [0.2, 0.25) is 0 Å². The molecule has 1 unspecified atom stereocenters. The van der Waals surface area contributed by atoms with E-state index in [1.165, 1.54) is 5.57 Å². The Morgan fingerprint density at radius 2 is 2.50 bits per heavy atom. The van der Waals surface area contributed by atoms with Crippen molar-refractivity contribution >= 4 is 5.97 Å². The zero-order valence-electron chi connectivity index (χ0n) is 8.75. The van der Waals surface area contributed by atoms with Gasteiger partial charge in [0.15, 0.2) is 0 Å². The van der Waals surface area contributed by atoms with E-state index in [-0.39, 0.29) is 11.9 Å². The number of hydrogen-bond donors (Lipinski definition) is 0. The molecule has 1 aliphatic heterocycles. The van der Waals surface area contributed by atoms with E-state index in [9.17, 15) is 4.79 Å². The van der Waals surface area contributed by atoms with E-state index in [2.05, 4.69) is 19.6 Å². The molecule has 0 aromatic carbocycles. The standard InChI is InChI=1S/C12H16O2/c1-4-7-12(3)9-6-5-8(2)10(9)11(13)14-12/h4,6,8,10H,1,5,7H2,2-3H3/t8-,10-,12?/m0/s1. The molecular formula is C12H16O2. The second kappa shape index (κ2) is 2.97. The van der Waals surface area contributed by atoms with Gasteiger partial charge >= 0.3 is 5.97 Å². The van der Waals surface area contributed by atoms with Gasteiger partial charge in [0.1, 0.15) is 5.60 Å². The fourth-order valence-corrected chi connectivity index (χ4v) is 2.57. The van der Waals surface area contributed by atoms with E-state index < -0.39 is 5.60 Å². The predicted molar refractivity (Wildman–Crippen MR) is 54.7 cm³/mol. The lowest BCUT2D eigenvalue weighted by atomic mass is 9.85. The minimum atomic E-state index is -0.408. The highest BCUT2D eigenvalue weighted by atomic mass is 16.6. The molecular weight excluding hydrogens is 176 g/mol. The number of carbonyl (C=O) groups excluding carboxylic acids is 1. The van der Waals surface area contributed by atoms with Gasteiger partial charge in [0.2, 0.25) is 0 Å². The van der Waals surface area contributed by atoms with Gasteiger partial charge in [0.25, 0.3) is 0 Å². The molecule has 1 saturated heterocycles. The quantitative estimate of drug-likeness (QED) is 0.496. The van der Waals surface area contributed by atoms with E-state index in [1.54, 1.807) is 0 Å². The van der Waals surface area contributed by atoms with Crippen molar-refractivity contribution in [2.45, 2.75) is 32.3 Å². The fraction of sp³-hybridized carbons (Fsp3) is 0.583. The minimum absolute atomic E-state index is 0.0138. The SMILES string of the molecule is C=CCC1(C)OC(=O)[C@@H]2C1=CC[C@@H]2C. The second-order valence-electron chi connectivity index (χ2n) is 4.49. The molecule has 0 aromatic heterocycles. The van der Waals surface area contributed by atoms with Crippen molar-refractivity contribution in [3.8, 4) is 0 Å². The van der Waals surface area contributed by atoms with Gasteiger partial charge in [-0.05, 0) is 24.8 Å². The van der Waals surface area contributed by atoms with Crippen molar-refractivity contribution in [1.82, 2.24) is 0 Å². The molecule has 0 aromatic rings. The Morgan fingerprint density at radius 1 is 1.79 bits per heavy atom. The highest BCUT2D eigenvalue weighted by molar-refractivity contribution is 5.82. The molecule has 0 radical (unpaired) electrons. The molecule has 1 aliphatic carbocycles. The third kappa shape index (κ3) is 1.13.